The Labute approximate surface area is 355 Å². The Bertz CT molecular complexity index is 1440. The van der Waals surface area contributed by atoms with Crippen LogP contribution in [-0.4, -0.2) is 65.0 Å². The van der Waals surface area contributed by atoms with Crippen molar-refractivity contribution in [3.8, 4) is 0 Å². The Morgan fingerprint density at radius 1 is 0.467 bits per heavy atom. The van der Waals surface area contributed by atoms with Gasteiger partial charge in [0.2, 0.25) is 0 Å². The number of alkyl halides is 2. The smallest absolute Gasteiger partial charge is 0.355 e. The zero-order valence-corrected chi connectivity index (χ0v) is 35.3. The van der Waals surface area contributed by atoms with Gasteiger partial charge in [0, 0.05) is 6.42 Å². The third-order valence-electron chi connectivity index (χ3n) is 14.5. The number of methoxy groups -OCH3 is 4. The summed E-state index contributed by atoms with van der Waals surface area (Å²) in [5, 5.41) is 0. The van der Waals surface area contributed by atoms with Crippen molar-refractivity contribution in [2.24, 2.45) is 88.8 Å². The highest BCUT2D eigenvalue weighted by molar-refractivity contribution is 5.75. The van der Waals surface area contributed by atoms with Gasteiger partial charge >= 0.3 is 30.0 Å². The van der Waals surface area contributed by atoms with E-state index < -0.39 is 6.11 Å². The van der Waals surface area contributed by atoms with Crippen LogP contribution >= 0.6 is 0 Å². The first-order chi connectivity index (χ1) is 27.8. The van der Waals surface area contributed by atoms with Crippen LogP contribution in [-0.2, 0) is 42.9 Å². The van der Waals surface area contributed by atoms with E-state index in [0.717, 1.165) is 38.5 Å². The minimum atomic E-state index is -2.93. The van der Waals surface area contributed by atoms with Gasteiger partial charge in [-0.05, 0) is 129 Å². The van der Waals surface area contributed by atoms with E-state index in [4.69, 9.17) is 18.9 Å². The van der Waals surface area contributed by atoms with E-state index in [1.165, 1.54) is 61.0 Å². The molecule has 60 heavy (non-hydrogen) atoms. The summed E-state index contributed by atoms with van der Waals surface area (Å²) in [4.78, 5) is 44.6. The molecule has 0 saturated heterocycles. The first-order valence-electron chi connectivity index (χ1n) is 21.6. The Morgan fingerprint density at radius 3 is 0.917 bits per heavy atom. The fraction of sp³-hybridized carbons (Fsp3) is 0.708. The summed E-state index contributed by atoms with van der Waals surface area (Å²) in [6.07, 6.45) is 29.6. The Morgan fingerprint density at radius 2 is 0.733 bits per heavy atom. The number of fused-ring (bicyclic) bond motifs is 10. The van der Waals surface area contributed by atoms with Crippen LogP contribution < -0.4 is 0 Å². The number of carbonyl (C=O) groups is 4. The molecule has 336 valence electrons. The normalized spacial score (nSPS) is 37.3. The first-order valence-corrected chi connectivity index (χ1v) is 21.6. The molecule has 15 atom stereocenters. The van der Waals surface area contributed by atoms with Gasteiger partial charge in [0.15, 0.2) is 0 Å². The summed E-state index contributed by atoms with van der Waals surface area (Å²) in [5.41, 5.74) is 0. The summed E-state index contributed by atoms with van der Waals surface area (Å²) >= 11 is 0. The van der Waals surface area contributed by atoms with E-state index in [1.807, 2.05) is 0 Å². The lowest BCUT2D eigenvalue weighted by atomic mass is 9.94. The molecule has 0 aliphatic heterocycles. The quantitative estimate of drug-likeness (QED) is 0.134. The molecule has 9 nitrogen and oxygen atoms in total. The largest absolute Gasteiger partial charge is 0.469 e. The topological polar surface area (TPSA) is 114 Å². The van der Waals surface area contributed by atoms with Crippen molar-refractivity contribution in [2.75, 3.05) is 35.0 Å². The predicted octanol–water partition coefficient (Wildman–Crippen LogP) is 9.49. The summed E-state index contributed by atoms with van der Waals surface area (Å²) in [6.45, 7) is 1.66. The Kier molecular flexibility index (Phi) is 17.9. The van der Waals surface area contributed by atoms with Crippen molar-refractivity contribution in [2.45, 2.75) is 91.1 Å². The van der Waals surface area contributed by atoms with Gasteiger partial charge in [-0.2, -0.15) is 8.78 Å². The molecule has 5 saturated carbocycles. The van der Waals surface area contributed by atoms with E-state index in [-0.39, 0.29) is 72.7 Å². The zero-order chi connectivity index (χ0) is 41.6. The molecule has 10 aliphatic carbocycles. The number of esters is 4. The van der Waals surface area contributed by atoms with Crippen LogP contribution in [0.5, 0.6) is 0 Å². The van der Waals surface area contributed by atoms with Gasteiger partial charge in [-0.15, -0.1) is 0 Å². The van der Waals surface area contributed by atoms with Gasteiger partial charge in [-0.25, -0.2) is 0 Å². The van der Waals surface area contributed by atoms with Crippen molar-refractivity contribution >= 4 is 23.9 Å². The van der Waals surface area contributed by atoms with Crippen LogP contribution in [0.3, 0.4) is 0 Å². The van der Waals surface area contributed by atoms with Gasteiger partial charge in [-0.1, -0.05) is 75.1 Å². The maximum Gasteiger partial charge on any atom is 0.355 e. The maximum atomic E-state index is 12.8. The monoisotopic (exact) mass is 846 g/mol. The van der Waals surface area contributed by atoms with Crippen LogP contribution in [0.25, 0.3) is 0 Å². The Hall–Kier alpha value is -3.67. The minimum Gasteiger partial charge on any atom is -0.469 e. The summed E-state index contributed by atoms with van der Waals surface area (Å²) in [7, 11) is 5.88. The molecular formula is C48H69F3O9. The van der Waals surface area contributed by atoms with Crippen LogP contribution in [0.2, 0.25) is 0 Å². The molecule has 0 heterocycles. The first kappa shape index (κ1) is 49.0. The third kappa shape index (κ3) is 11.8. The summed E-state index contributed by atoms with van der Waals surface area (Å²) < 4.78 is 49.1. The van der Waals surface area contributed by atoms with Crippen LogP contribution in [0.15, 0.2) is 60.8 Å². The second kappa shape index (κ2) is 21.9. The summed E-state index contributed by atoms with van der Waals surface area (Å²) in [6, 6.07) is 0. The van der Waals surface area contributed by atoms with Gasteiger partial charge in [0.25, 0.3) is 0 Å². The molecule has 10 aliphatic rings. The van der Waals surface area contributed by atoms with E-state index in [1.54, 1.807) is 0 Å². The van der Waals surface area contributed by atoms with Gasteiger partial charge < -0.3 is 23.7 Å². The van der Waals surface area contributed by atoms with E-state index in [2.05, 4.69) is 65.5 Å². The number of carbonyl (C=O) groups excluding carboxylic acids is 4. The van der Waals surface area contributed by atoms with E-state index >= 15 is 0 Å². The molecule has 0 spiro atoms. The molecule has 0 aromatic heterocycles. The fourth-order valence-corrected chi connectivity index (χ4v) is 11.2. The summed E-state index contributed by atoms with van der Waals surface area (Å²) in [5.74, 6) is 6.53. The molecular weight excluding hydrogens is 778 g/mol. The highest BCUT2D eigenvalue weighted by Crippen LogP contribution is 2.47. The van der Waals surface area contributed by atoms with E-state index in [9.17, 15) is 28.0 Å². The number of rotatable bonds is 8. The molecule has 0 amide bonds. The van der Waals surface area contributed by atoms with Crippen LogP contribution in [0.1, 0.15) is 85.0 Å². The van der Waals surface area contributed by atoms with Crippen molar-refractivity contribution in [3.05, 3.63) is 60.8 Å². The van der Waals surface area contributed by atoms with Gasteiger partial charge in [0.1, 0.15) is 0 Å². The van der Waals surface area contributed by atoms with Crippen molar-refractivity contribution in [1.29, 1.82) is 0 Å². The van der Waals surface area contributed by atoms with Crippen LogP contribution in [0, 0.1) is 88.8 Å². The number of hydrogen-bond donors (Lipinski definition) is 0. The molecule has 0 radical (unpaired) electrons. The second-order valence-corrected chi connectivity index (χ2v) is 18.0. The van der Waals surface area contributed by atoms with Crippen molar-refractivity contribution in [1.82, 2.24) is 0 Å². The SMILES string of the molecule is C.CCC(F)(F)OCC1CC2C=CC1C2.COC(=O)C1CC2C=CC1C2.COC(=O)C1CC2C=CC1C2.COC(=O)C1CC2C=CC1C2.COC(=O)C1CC2C=CC1C2.F. The molecule has 0 aromatic carbocycles. The lowest BCUT2D eigenvalue weighted by molar-refractivity contribution is -0.246. The molecule has 0 N–H and O–H groups in total. The number of hydrogen-bond acceptors (Lipinski definition) is 9. The molecule has 0 aromatic rings. The number of halogens is 3. The highest BCUT2D eigenvalue weighted by Gasteiger charge is 2.43. The van der Waals surface area contributed by atoms with Crippen molar-refractivity contribution < 1.29 is 56.3 Å². The third-order valence-corrected chi connectivity index (χ3v) is 14.5. The van der Waals surface area contributed by atoms with Gasteiger partial charge in [0.05, 0.1) is 58.7 Å². The molecule has 5 fully saturated rings. The highest BCUT2D eigenvalue weighted by atomic mass is 19.3. The van der Waals surface area contributed by atoms with Crippen molar-refractivity contribution in [3.63, 3.8) is 0 Å². The predicted molar refractivity (Wildman–Crippen MR) is 223 cm³/mol. The average Bonchev–Trinajstić information content (AvgIpc) is 4.11. The lowest BCUT2D eigenvalue weighted by Crippen LogP contribution is -2.25. The maximum absolute atomic E-state index is 12.8. The standard InChI is InChI=1S/C11H16F2O.4C9H12O2.CH4.FH/c1-2-11(12,13)14-7-10-6-8-3-4-9(10)5-8;4*1-11-9(10)8-5-6-2-3-7(8)4-6;;/h3-4,8-10H,2,5-7H2,1H3;4*2-3,6-8H,4-5H2,1H3;1H4;1H. The fourth-order valence-electron chi connectivity index (χ4n) is 11.2. The lowest BCUT2D eigenvalue weighted by Gasteiger charge is -2.21. The average molecular weight is 847 g/mol. The molecule has 10 bridgehead atoms. The second-order valence-electron chi connectivity index (χ2n) is 18.0. The van der Waals surface area contributed by atoms with Crippen LogP contribution in [0.4, 0.5) is 13.5 Å². The molecule has 12 heteroatoms. The molecule has 10 rings (SSSR count). The minimum absolute atomic E-state index is 0. The number of allylic oxidation sites excluding steroid dienone is 10. The Balaban J connectivity index is 0.000000165. The number of ether oxygens (including phenoxy) is 5. The van der Waals surface area contributed by atoms with Gasteiger partial charge in [-0.3, -0.25) is 23.9 Å². The van der Waals surface area contributed by atoms with E-state index in [0.29, 0.717) is 65.1 Å². The zero-order valence-electron chi connectivity index (χ0n) is 35.3. The molecule has 15 unspecified atom stereocenters.